The molecule has 0 saturated carbocycles. The van der Waals surface area contributed by atoms with Gasteiger partial charge in [0.05, 0.1) is 5.69 Å². The van der Waals surface area contributed by atoms with Crippen molar-refractivity contribution in [2.24, 2.45) is 0 Å². The third kappa shape index (κ3) is 3.58. The van der Waals surface area contributed by atoms with Gasteiger partial charge in [-0.2, -0.15) is 0 Å². The lowest BCUT2D eigenvalue weighted by atomic mass is 10.1. The molecule has 1 N–H and O–H groups in total. The first kappa shape index (κ1) is 13.6. The number of nitrogens with zero attached hydrogens (tertiary/aromatic N) is 2. The number of aromatic nitrogens is 2. The number of halogens is 1. The van der Waals surface area contributed by atoms with Crippen molar-refractivity contribution in [3.8, 4) is 11.1 Å². The van der Waals surface area contributed by atoms with Gasteiger partial charge in [0.1, 0.15) is 0 Å². The van der Waals surface area contributed by atoms with Crippen LogP contribution >= 0.6 is 11.6 Å². The van der Waals surface area contributed by atoms with Crippen LogP contribution in [0.2, 0.25) is 5.02 Å². The van der Waals surface area contributed by atoms with E-state index in [9.17, 15) is 0 Å². The zero-order valence-corrected chi connectivity index (χ0v) is 12.1. The van der Waals surface area contributed by atoms with E-state index in [4.69, 9.17) is 11.6 Å². The highest BCUT2D eigenvalue weighted by Crippen LogP contribution is 2.21. The normalized spacial score (nSPS) is 10.3. The molecule has 0 spiro atoms. The van der Waals surface area contributed by atoms with Crippen LogP contribution in [0.15, 0.2) is 67.3 Å². The smallest absolute Gasteiger partial charge is 0.0535 e. The lowest BCUT2D eigenvalue weighted by Crippen LogP contribution is -1.99. The molecular formula is C17H14ClN3. The number of hydrogen-bond donors (Lipinski definition) is 1. The van der Waals surface area contributed by atoms with Crippen LogP contribution in [0.4, 0.5) is 5.69 Å². The van der Waals surface area contributed by atoms with E-state index < -0.39 is 0 Å². The Hall–Kier alpha value is -2.39. The molecule has 4 heteroatoms. The van der Waals surface area contributed by atoms with Gasteiger partial charge in [-0.05, 0) is 41.5 Å². The highest BCUT2D eigenvalue weighted by Gasteiger charge is 2.00. The predicted octanol–water partition coefficient (Wildman–Crippen LogP) is 4.41. The van der Waals surface area contributed by atoms with Crippen molar-refractivity contribution in [1.82, 2.24) is 9.97 Å². The molecule has 1 aromatic carbocycles. The van der Waals surface area contributed by atoms with Gasteiger partial charge in [-0.1, -0.05) is 23.7 Å². The average molecular weight is 296 g/mol. The summed E-state index contributed by atoms with van der Waals surface area (Å²) in [6, 6.07) is 13.8. The van der Waals surface area contributed by atoms with Gasteiger partial charge in [-0.3, -0.25) is 9.97 Å². The number of nitrogens with one attached hydrogen (secondary N) is 1. The maximum absolute atomic E-state index is 5.99. The Bertz CT molecular complexity index is 729. The van der Waals surface area contributed by atoms with E-state index in [1.54, 1.807) is 12.4 Å². The van der Waals surface area contributed by atoms with Crippen molar-refractivity contribution < 1.29 is 0 Å². The molecule has 3 rings (SSSR count). The third-order valence-electron chi connectivity index (χ3n) is 3.14. The van der Waals surface area contributed by atoms with Crippen LogP contribution < -0.4 is 5.32 Å². The summed E-state index contributed by atoms with van der Waals surface area (Å²) in [7, 11) is 0. The average Bonchev–Trinajstić information content (AvgIpc) is 2.54. The molecule has 0 atom stereocenters. The second kappa shape index (κ2) is 6.37. The maximum Gasteiger partial charge on any atom is 0.0535 e. The van der Waals surface area contributed by atoms with E-state index in [1.807, 2.05) is 48.8 Å². The van der Waals surface area contributed by atoms with Crippen LogP contribution in [0.3, 0.4) is 0 Å². The zero-order chi connectivity index (χ0) is 14.5. The van der Waals surface area contributed by atoms with Crippen molar-refractivity contribution in [3.05, 3.63) is 77.8 Å². The molecule has 3 nitrogen and oxygen atoms in total. The fraction of sp³-hybridized carbons (Fsp3) is 0.0588. The summed E-state index contributed by atoms with van der Waals surface area (Å²) in [5.74, 6) is 0. The molecule has 0 unspecified atom stereocenters. The summed E-state index contributed by atoms with van der Waals surface area (Å²) < 4.78 is 0. The van der Waals surface area contributed by atoms with Crippen LogP contribution in [-0.4, -0.2) is 9.97 Å². The van der Waals surface area contributed by atoms with E-state index >= 15 is 0 Å². The first-order valence-electron chi connectivity index (χ1n) is 6.65. The fourth-order valence-electron chi connectivity index (χ4n) is 2.09. The minimum Gasteiger partial charge on any atom is -0.380 e. The van der Waals surface area contributed by atoms with Gasteiger partial charge in [-0.25, -0.2) is 0 Å². The Morgan fingerprint density at radius 3 is 2.57 bits per heavy atom. The molecule has 0 fully saturated rings. The minimum absolute atomic E-state index is 0.710. The summed E-state index contributed by atoms with van der Waals surface area (Å²) in [5.41, 5.74) is 4.28. The van der Waals surface area contributed by atoms with E-state index in [1.165, 1.54) is 0 Å². The van der Waals surface area contributed by atoms with Crippen molar-refractivity contribution in [2.75, 3.05) is 5.32 Å². The Morgan fingerprint density at radius 2 is 1.76 bits per heavy atom. The van der Waals surface area contributed by atoms with Gasteiger partial charge in [0.25, 0.3) is 0 Å². The van der Waals surface area contributed by atoms with Gasteiger partial charge in [0, 0.05) is 41.9 Å². The number of pyridine rings is 2. The van der Waals surface area contributed by atoms with E-state index in [0.29, 0.717) is 6.54 Å². The monoisotopic (exact) mass is 295 g/mol. The molecule has 0 aliphatic heterocycles. The Labute approximate surface area is 128 Å². The van der Waals surface area contributed by atoms with Crippen LogP contribution in [0.1, 0.15) is 5.56 Å². The molecular weight excluding hydrogens is 282 g/mol. The van der Waals surface area contributed by atoms with Crippen LogP contribution in [0.25, 0.3) is 11.1 Å². The molecule has 2 aromatic heterocycles. The highest BCUT2D eigenvalue weighted by atomic mass is 35.5. The molecule has 0 saturated heterocycles. The first-order valence-corrected chi connectivity index (χ1v) is 7.03. The lowest BCUT2D eigenvalue weighted by molar-refractivity contribution is 1.14. The van der Waals surface area contributed by atoms with Crippen molar-refractivity contribution in [2.45, 2.75) is 6.54 Å². The Morgan fingerprint density at radius 1 is 0.905 bits per heavy atom. The molecule has 0 radical (unpaired) electrons. The fourth-order valence-corrected chi connectivity index (χ4v) is 2.30. The largest absolute Gasteiger partial charge is 0.380 e. The van der Waals surface area contributed by atoms with Crippen molar-refractivity contribution >= 4 is 17.3 Å². The molecule has 2 heterocycles. The molecule has 104 valence electrons. The van der Waals surface area contributed by atoms with Crippen molar-refractivity contribution in [3.63, 3.8) is 0 Å². The maximum atomic E-state index is 5.99. The number of anilines is 1. The number of rotatable bonds is 4. The molecule has 0 amide bonds. The lowest BCUT2D eigenvalue weighted by Gasteiger charge is -2.08. The standard InChI is InChI=1S/C17H14ClN3/c18-16-3-1-2-13(8-16)10-21-17-9-15(11-20-12-17)14-4-6-19-7-5-14/h1-9,11-12,21H,10H2. The highest BCUT2D eigenvalue weighted by molar-refractivity contribution is 6.30. The Kier molecular flexibility index (Phi) is 4.12. The van der Waals surface area contributed by atoms with Gasteiger partial charge in [0.15, 0.2) is 0 Å². The van der Waals surface area contributed by atoms with Gasteiger partial charge in [-0.15, -0.1) is 0 Å². The predicted molar refractivity (Wildman–Crippen MR) is 86.2 cm³/mol. The van der Waals surface area contributed by atoms with E-state index in [2.05, 4.69) is 21.4 Å². The molecule has 3 aromatic rings. The molecule has 0 aliphatic rings. The second-order valence-electron chi connectivity index (χ2n) is 4.68. The summed E-state index contributed by atoms with van der Waals surface area (Å²) in [4.78, 5) is 8.31. The molecule has 21 heavy (non-hydrogen) atoms. The minimum atomic E-state index is 0.710. The topological polar surface area (TPSA) is 37.8 Å². The van der Waals surface area contributed by atoms with Crippen LogP contribution in [0.5, 0.6) is 0 Å². The summed E-state index contributed by atoms with van der Waals surface area (Å²) in [5, 5.41) is 4.11. The van der Waals surface area contributed by atoms with Gasteiger partial charge >= 0.3 is 0 Å². The van der Waals surface area contributed by atoms with Gasteiger partial charge < -0.3 is 5.32 Å². The molecule has 0 aliphatic carbocycles. The van der Waals surface area contributed by atoms with Gasteiger partial charge in [0.2, 0.25) is 0 Å². The summed E-state index contributed by atoms with van der Waals surface area (Å²) in [6.07, 6.45) is 7.22. The van der Waals surface area contributed by atoms with Crippen molar-refractivity contribution in [1.29, 1.82) is 0 Å². The quantitative estimate of drug-likeness (QED) is 0.775. The van der Waals surface area contributed by atoms with Crippen LogP contribution in [-0.2, 0) is 6.54 Å². The number of benzene rings is 1. The summed E-state index contributed by atoms with van der Waals surface area (Å²) >= 11 is 5.99. The first-order chi connectivity index (χ1) is 10.3. The summed E-state index contributed by atoms with van der Waals surface area (Å²) in [6.45, 7) is 0.710. The number of hydrogen-bond acceptors (Lipinski definition) is 3. The van der Waals surface area contributed by atoms with E-state index in [0.717, 1.165) is 27.4 Å². The Balaban J connectivity index is 1.75. The third-order valence-corrected chi connectivity index (χ3v) is 3.37. The van der Waals surface area contributed by atoms with Crippen LogP contribution in [0, 0.1) is 0 Å². The van der Waals surface area contributed by atoms with E-state index in [-0.39, 0.29) is 0 Å². The second-order valence-corrected chi connectivity index (χ2v) is 5.12. The molecule has 0 bridgehead atoms. The zero-order valence-electron chi connectivity index (χ0n) is 11.3. The SMILES string of the molecule is Clc1cccc(CNc2cncc(-c3ccncc3)c2)c1.